The third kappa shape index (κ3) is 3.35. The zero-order chi connectivity index (χ0) is 14.4. The summed E-state index contributed by atoms with van der Waals surface area (Å²) in [6.45, 7) is 2.02. The summed E-state index contributed by atoms with van der Waals surface area (Å²) >= 11 is 0. The molecule has 1 N–H and O–H groups in total. The first-order valence-electron chi connectivity index (χ1n) is 6.45. The average Bonchev–Trinajstić information content (AvgIpc) is 2.47. The van der Waals surface area contributed by atoms with Gasteiger partial charge in [0.15, 0.2) is 6.04 Å². The summed E-state index contributed by atoms with van der Waals surface area (Å²) in [5.41, 5.74) is 1.00. The molecule has 0 radical (unpaired) electrons. The fraction of sp³-hybridized carbons (Fsp3) is 0.188. The van der Waals surface area contributed by atoms with E-state index >= 15 is 0 Å². The molecule has 0 aliphatic rings. The number of anilines is 1. The molecule has 0 bridgehead atoms. The highest BCUT2D eigenvalue weighted by molar-refractivity contribution is 5.81. The highest BCUT2D eigenvalue weighted by Gasteiger charge is 2.22. The monoisotopic (exact) mass is 273 g/mol. The number of benzene rings is 2. The van der Waals surface area contributed by atoms with E-state index in [-0.39, 0.29) is 12.3 Å². The molecule has 0 saturated carbocycles. The van der Waals surface area contributed by atoms with Crippen LogP contribution >= 0.6 is 0 Å². The summed E-state index contributed by atoms with van der Waals surface area (Å²) in [5, 5.41) is 2.90. The van der Waals surface area contributed by atoms with Gasteiger partial charge in [0, 0.05) is 0 Å². The molecule has 2 aromatic rings. The molecule has 0 spiro atoms. The predicted octanol–water partition coefficient (Wildman–Crippen LogP) is 3.54. The van der Waals surface area contributed by atoms with Crippen LogP contribution in [-0.2, 0) is 9.53 Å². The van der Waals surface area contributed by atoms with Gasteiger partial charge in [-0.05, 0) is 24.6 Å². The van der Waals surface area contributed by atoms with Gasteiger partial charge >= 0.3 is 5.97 Å². The number of carbonyl (C=O) groups is 1. The molecule has 20 heavy (non-hydrogen) atoms. The Hall–Kier alpha value is -2.36. The summed E-state index contributed by atoms with van der Waals surface area (Å²) < 4.78 is 18.7. The van der Waals surface area contributed by atoms with E-state index < -0.39 is 17.8 Å². The molecule has 0 saturated heterocycles. The average molecular weight is 273 g/mol. The van der Waals surface area contributed by atoms with Crippen molar-refractivity contribution >= 4 is 11.7 Å². The SMILES string of the molecule is CCOC(=O)C(Nc1ccccc1F)c1ccccc1. The van der Waals surface area contributed by atoms with Crippen LogP contribution in [-0.4, -0.2) is 12.6 Å². The maximum Gasteiger partial charge on any atom is 0.333 e. The van der Waals surface area contributed by atoms with Gasteiger partial charge in [-0.25, -0.2) is 9.18 Å². The van der Waals surface area contributed by atoms with Crippen molar-refractivity contribution in [2.24, 2.45) is 0 Å². The van der Waals surface area contributed by atoms with Crippen molar-refractivity contribution in [2.75, 3.05) is 11.9 Å². The van der Waals surface area contributed by atoms with Gasteiger partial charge in [-0.2, -0.15) is 0 Å². The second-order valence-corrected chi connectivity index (χ2v) is 4.22. The first-order valence-corrected chi connectivity index (χ1v) is 6.45. The molecule has 0 amide bonds. The van der Waals surface area contributed by atoms with Gasteiger partial charge < -0.3 is 10.1 Å². The Morgan fingerprint density at radius 1 is 1.15 bits per heavy atom. The molecule has 0 aromatic heterocycles. The van der Waals surface area contributed by atoms with E-state index in [1.54, 1.807) is 37.3 Å². The Labute approximate surface area is 117 Å². The van der Waals surface area contributed by atoms with Crippen LogP contribution in [0.1, 0.15) is 18.5 Å². The zero-order valence-electron chi connectivity index (χ0n) is 11.2. The van der Waals surface area contributed by atoms with Crippen LogP contribution in [0.25, 0.3) is 0 Å². The molecule has 0 aliphatic carbocycles. The van der Waals surface area contributed by atoms with Crippen molar-refractivity contribution in [3.05, 3.63) is 66.0 Å². The Kier molecular flexibility index (Phi) is 4.71. The summed E-state index contributed by atoms with van der Waals surface area (Å²) in [4.78, 5) is 12.1. The van der Waals surface area contributed by atoms with E-state index in [0.717, 1.165) is 5.56 Å². The van der Waals surface area contributed by atoms with Crippen LogP contribution in [0.4, 0.5) is 10.1 Å². The van der Waals surface area contributed by atoms with Crippen LogP contribution < -0.4 is 5.32 Å². The van der Waals surface area contributed by atoms with Crippen LogP contribution in [0.3, 0.4) is 0 Å². The molecule has 4 heteroatoms. The Bertz CT molecular complexity index is 572. The molecule has 1 atom stereocenters. The molecular weight excluding hydrogens is 257 g/mol. The van der Waals surface area contributed by atoms with Gasteiger partial charge in [-0.1, -0.05) is 42.5 Å². The summed E-state index contributed by atoms with van der Waals surface area (Å²) in [6, 6.07) is 14.6. The van der Waals surface area contributed by atoms with Gasteiger partial charge in [0.05, 0.1) is 12.3 Å². The second-order valence-electron chi connectivity index (χ2n) is 4.22. The fourth-order valence-electron chi connectivity index (χ4n) is 1.88. The van der Waals surface area contributed by atoms with Gasteiger partial charge in [0.1, 0.15) is 5.82 Å². The van der Waals surface area contributed by atoms with Gasteiger partial charge in [0.25, 0.3) is 0 Å². The maximum absolute atomic E-state index is 13.7. The van der Waals surface area contributed by atoms with Crippen molar-refractivity contribution in [3.8, 4) is 0 Å². The minimum absolute atomic E-state index is 0.273. The predicted molar refractivity (Wildman–Crippen MR) is 75.8 cm³/mol. The molecule has 0 fully saturated rings. The zero-order valence-corrected chi connectivity index (χ0v) is 11.2. The molecule has 2 rings (SSSR count). The Morgan fingerprint density at radius 3 is 2.45 bits per heavy atom. The lowest BCUT2D eigenvalue weighted by molar-refractivity contribution is -0.144. The number of ether oxygens (including phenoxy) is 1. The summed E-state index contributed by atoms with van der Waals surface area (Å²) in [5.74, 6) is -0.834. The molecular formula is C16H16FNO2. The number of nitrogens with one attached hydrogen (secondary N) is 1. The van der Waals surface area contributed by atoms with Crippen LogP contribution in [0.5, 0.6) is 0 Å². The molecule has 104 valence electrons. The fourth-order valence-corrected chi connectivity index (χ4v) is 1.88. The van der Waals surface area contributed by atoms with Gasteiger partial charge in [-0.3, -0.25) is 0 Å². The minimum atomic E-state index is -0.729. The second kappa shape index (κ2) is 6.70. The minimum Gasteiger partial charge on any atom is -0.464 e. The molecule has 3 nitrogen and oxygen atoms in total. The number of hydrogen-bond acceptors (Lipinski definition) is 3. The van der Waals surface area contributed by atoms with E-state index in [2.05, 4.69) is 5.32 Å². The Balaban J connectivity index is 2.28. The normalized spacial score (nSPS) is 11.7. The third-order valence-corrected chi connectivity index (χ3v) is 2.83. The standard InChI is InChI=1S/C16H16FNO2/c1-2-20-16(19)15(12-8-4-3-5-9-12)18-14-11-7-6-10-13(14)17/h3-11,15,18H,2H2,1H3. The summed E-state index contributed by atoms with van der Waals surface area (Å²) in [7, 11) is 0. The molecule has 1 unspecified atom stereocenters. The topological polar surface area (TPSA) is 38.3 Å². The number of para-hydroxylation sites is 1. The van der Waals surface area contributed by atoms with E-state index in [9.17, 15) is 9.18 Å². The van der Waals surface area contributed by atoms with Crippen molar-refractivity contribution in [1.82, 2.24) is 0 Å². The first kappa shape index (κ1) is 14.1. The quantitative estimate of drug-likeness (QED) is 0.847. The Morgan fingerprint density at radius 2 is 1.80 bits per heavy atom. The van der Waals surface area contributed by atoms with Crippen molar-refractivity contribution < 1.29 is 13.9 Å². The van der Waals surface area contributed by atoms with E-state index in [1.807, 2.05) is 18.2 Å². The molecule has 0 heterocycles. The van der Waals surface area contributed by atoms with E-state index in [0.29, 0.717) is 0 Å². The van der Waals surface area contributed by atoms with Crippen molar-refractivity contribution in [3.63, 3.8) is 0 Å². The third-order valence-electron chi connectivity index (χ3n) is 2.83. The summed E-state index contributed by atoms with van der Waals surface area (Å²) in [6.07, 6.45) is 0. The maximum atomic E-state index is 13.7. The van der Waals surface area contributed by atoms with Gasteiger partial charge in [-0.15, -0.1) is 0 Å². The highest BCUT2D eigenvalue weighted by Crippen LogP contribution is 2.22. The van der Waals surface area contributed by atoms with Crippen molar-refractivity contribution in [2.45, 2.75) is 13.0 Å². The smallest absolute Gasteiger partial charge is 0.333 e. The van der Waals surface area contributed by atoms with Gasteiger partial charge in [0.2, 0.25) is 0 Å². The largest absolute Gasteiger partial charge is 0.464 e. The lowest BCUT2D eigenvalue weighted by Gasteiger charge is -2.19. The highest BCUT2D eigenvalue weighted by atomic mass is 19.1. The van der Waals surface area contributed by atoms with E-state index in [1.165, 1.54) is 6.07 Å². The van der Waals surface area contributed by atoms with E-state index in [4.69, 9.17) is 4.74 Å². The van der Waals surface area contributed by atoms with Crippen molar-refractivity contribution in [1.29, 1.82) is 0 Å². The molecule has 0 aliphatic heterocycles. The number of hydrogen-bond donors (Lipinski definition) is 1. The van der Waals surface area contributed by atoms with Crippen LogP contribution in [0, 0.1) is 5.82 Å². The lowest BCUT2D eigenvalue weighted by Crippen LogP contribution is -2.23. The lowest BCUT2D eigenvalue weighted by atomic mass is 10.1. The number of carbonyl (C=O) groups excluding carboxylic acids is 1. The number of rotatable bonds is 5. The first-order chi connectivity index (χ1) is 9.72. The van der Waals surface area contributed by atoms with Crippen LogP contribution in [0.15, 0.2) is 54.6 Å². The number of esters is 1. The number of halogens is 1. The van der Waals surface area contributed by atoms with Crippen LogP contribution in [0.2, 0.25) is 0 Å². The molecule has 2 aromatic carbocycles.